The van der Waals surface area contributed by atoms with Crippen LogP contribution in [0, 0.1) is 5.92 Å². The van der Waals surface area contributed by atoms with Crippen LogP contribution >= 0.6 is 12.4 Å². The molecule has 2 aliphatic rings. The van der Waals surface area contributed by atoms with Crippen molar-refractivity contribution in [2.24, 2.45) is 13.0 Å². The zero-order valence-corrected chi connectivity index (χ0v) is 17.8. The molecule has 29 heavy (non-hydrogen) atoms. The normalized spacial score (nSPS) is 20.8. The average Bonchev–Trinajstić information content (AvgIpc) is 3.10. The van der Waals surface area contributed by atoms with Crippen molar-refractivity contribution in [2.75, 3.05) is 31.5 Å². The highest BCUT2D eigenvalue weighted by molar-refractivity contribution is 5.91. The molecule has 0 bridgehead atoms. The van der Waals surface area contributed by atoms with Crippen LogP contribution in [0.5, 0.6) is 0 Å². The summed E-state index contributed by atoms with van der Waals surface area (Å²) in [4.78, 5) is 19.9. The molecule has 1 unspecified atom stereocenters. The number of aromatic nitrogens is 3. The molecule has 0 saturated carbocycles. The Morgan fingerprint density at radius 2 is 1.97 bits per heavy atom. The van der Waals surface area contributed by atoms with Crippen molar-refractivity contribution in [2.45, 2.75) is 38.1 Å². The first-order chi connectivity index (χ1) is 13.7. The second kappa shape index (κ2) is 10.2. The standard InChI is InChI=1S/C21H30N6O.ClH/c1-26-21(23-19(25-26)17-9-11-22-12-10-17)24-20(28)18-8-5-13-27(15-18)14-16-6-3-2-4-7-16;/h2-4,6-7,17-18,22H,5,8-15H2,1H3,(H,23,24,25,28);1H. The van der Waals surface area contributed by atoms with Gasteiger partial charge in [-0.15, -0.1) is 12.4 Å². The molecule has 1 atom stereocenters. The van der Waals surface area contributed by atoms with Gasteiger partial charge in [0.05, 0.1) is 5.92 Å². The minimum absolute atomic E-state index is 0. The van der Waals surface area contributed by atoms with Gasteiger partial charge < -0.3 is 5.32 Å². The summed E-state index contributed by atoms with van der Waals surface area (Å²) in [5.74, 6) is 1.86. The van der Waals surface area contributed by atoms with Gasteiger partial charge in [-0.3, -0.25) is 15.0 Å². The maximum atomic E-state index is 12.9. The lowest BCUT2D eigenvalue weighted by atomic mass is 9.96. The number of benzene rings is 1. The minimum Gasteiger partial charge on any atom is -0.317 e. The number of hydrogen-bond donors (Lipinski definition) is 2. The number of amides is 1. The largest absolute Gasteiger partial charge is 0.317 e. The SMILES string of the molecule is Cl.Cn1nc(C2CCNCC2)nc1NC(=O)C1CCCN(Cc2ccccc2)C1. The van der Waals surface area contributed by atoms with Gasteiger partial charge in [0, 0.05) is 26.1 Å². The number of carbonyl (C=O) groups excluding carboxylic acids is 1. The number of nitrogens with one attached hydrogen (secondary N) is 2. The first-order valence-corrected chi connectivity index (χ1v) is 10.4. The lowest BCUT2D eigenvalue weighted by molar-refractivity contribution is -0.121. The Morgan fingerprint density at radius 1 is 1.21 bits per heavy atom. The Kier molecular flexibility index (Phi) is 7.64. The van der Waals surface area contributed by atoms with Gasteiger partial charge in [-0.25, -0.2) is 4.68 Å². The molecule has 2 aromatic rings. The van der Waals surface area contributed by atoms with E-state index in [4.69, 9.17) is 0 Å². The second-order valence-corrected chi connectivity index (χ2v) is 7.99. The zero-order chi connectivity index (χ0) is 19.3. The molecular weight excluding hydrogens is 388 g/mol. The molecule has 7 nitrogen and oxygen atoms in total. The first-order valence-electron chi connectivity index (χ1n) is 10.4. The van der Waals surface area contributed by atoms with Crippen LogP contribution in [0.3, 0.4) is 0 Å². The number of likely N-dealkylation sites (tertiary alicyclic amines) is 1. The summed E-state index contributed by atoms with van der Waals surface area (Å²) in [7, 11) is 1.86. The van der Waals surface area contributed by atoms with Gasteiger partial charge in [0.2, 0.25) is 11.9 Å². The van der Waals surface area contributed by atoms with E-state index in [1.165, 1.54) is 5.56 Å². The van der Waals surface area contributed by atoms with Gasteiger partial charge in [0.25, 0.3) is 0 Å². The lowest BCUT2D eigenvalue weighted by Gasteiger charge is -2.31. The van der Waals surface area contributed by atoms with E-state index in [1.807, 2.05) is 13.1 Å². The molecule has 2 fully saturated rings. The van der Waals surface area contributed by atoms with E-state index in [1.54, 1.807) is 4.68 Å². The Labute approximate surface area is 178 Å². The summed E-state index contributed by atoms with van der Waals surface area (Å²) in [6.07, 6.45) is 4.07. The highest BCUT2D eigenvalue weighted by Crippen LogP contribution is 2.24. The van der Waals surface area contributed by atoms with Crippen molar-refractivity contribution >= 4 is 24.3 Å². The number of anilines is 1. The smallest absolute Gasteiger partial charge is 0.231 e. The summed E-state index contributed by atoms with van der Waals surface area (Å²) >= 11 is 0. The zero-order valence-electron chi connectivity index (χ0n) is 17.0. The van der Waals surface area contributed by atoms with Gasteiger partial charge in [-0.1, -0.05) is 30.3 Å². The third-order valence-electron chi connectivity index (χ3n) is 5.84. The Bertz CT molecular complexity index is 790. The van der Waals surface area contributed by atoms with E-state index >= 15 is 0 Å². The predicted molar refractivity (Wildman–Crippen MR) is 116 cm³/mol. The Balaban J connectivity index is 0.00000240. The van der Waals surface area contributed by atoms with Crippen molar-refractivity contribution < 1.29 is 4.79 Å². The van der Waals surface area contributed by atoms with Gasteiger partial charge >= 0.3 is 0 Å². The number of halogens is 1. The fraction of sp³-hybridized carbons (Fsp3) is 0.571. The number of hydrogen-bond acceptors (Lipinski definition) is 5. The highest BCUT2D eigenvalue weighted by Gasteiger charge is 2.27. The van der Waals surface area contributed by atoms with Crippen LogP contribution in [0.1, 0.15) is 43.0 Å². The quantitative estimate of drug-likeness (QED) is 0.780. The minimum atomic E-state index is -0.00325. The predicted octanol–water partition coefficient (Wildman–Crippen LogP) is 2.55. The maximum Gasteiger partial charge on any atom is 0.231 e. The molecule has 3 heterocycles. The number of nitrogens with zero attached hydrogens (tertiary/aromatic N) is 4. The number of rotatable bonds is 5. The number of aryl methyl sites for hydroxylation is 1. The van der Waals surface area contributed by atoms with E-state index in [-0.39, 0.29) is 24.2 Å². The van der Waals surface area contributed by atoms with E-state index < -0.39 is 0 Å². The summed E-state index contributed by atoms with van der Waals surface area (Å²) in [5.41, 5.74) is 1.29. The number of carbonyl (C=O) groups is 1. The molecule has 0 aliphatic carbocycles. The van der Waals surface area contributed by atoms with Crippen molar-refractivity contribution in [3.8, 4) is 0 Å². The van der Waals surface area contributed by atoms with E-state index in [2.05, 4.69) is 49.9 Å². The topological polar surface area (TPSA) is 75.1 Å². The second-order valence-electron chi connectivity index (χ2n) is 7.99. The summed E-state index contributed by atoms with van der Waals surface area (Å²) < 4.78 is 1.71. The molecule has 1 aromatic carbocycles. The van der Waals surface area contributed by atoms with Gasteiger partial charge in [0.1, 0.15) is 0 Å². The van der Waals surface area contributed by atoms with Crippen molar-refractivity contribution in [1.82, 2.24) is 25.0 Å². The summed E-state index contributed by atoms with van der Waals surface area (Å²) in [5, 5.41) is 11.0. The molecule has 0 radical (unpaired) electrons. The Hall–Kier alpha value is -1.96. The van der Waals surface area contributed by atoms with Crippen molar-refractivity contribution in [1.29, 1.82) is 0 Å². The van der Waals surface area contributed by atoms with Crippen LogP contribution in [0.25, 0.3) is 0 Å². The van der Waals surface area contributed by atoms with E-state index in [9.17, 15) is 4.79 Å². The molecule has 8 heteroatoms. The summed E-state index contributed by atoms with van der Waals surface area (Å²) in [6, 6.07) is 10.5. The van der Waals surface area contributed by atoms with Gasteiger partial charge in [-0.2, -0.15) is 10.1 Å². The third kappa shape index (κ3) is 5.56. The van der Waals surface area contributed by atoms with Gasteiger partial charge in [-0.05, 0) is 50.9 Å². The molecule has 1 amide bonds. The average molecular weight is 419 g/mol. The first kappa shape index (κ1) is 21.7. The molecule has 0 spiro atoms. The van der Waals surface area contributed by atoms with Crippen molar-refractivity contribution in [3.05, 3.63) is 41.7 Å². The van der Waals surface area contributed by atoms with Crippen LogP contribution < -0.4 is 10.6 Å². The van der Waals surface area contributed by atoms with Crippen LogP contribution in [0.4, 0.5) is 5.95 Å². The molecule has 4 rings (SSSR count). The fourth-order valence-corrected chi connectivity index (χ4v) is 4.23. The molecule has 2 aliphatic heterocycles. The van der Waals surface area contributed by atoms with Gasteiger partial charge in [0.15, 0.2) is 5.82 Å². The maximum absolute atomic E-state index is 12.9. The molecule has 158 valence electrons. The third-order valence-corrected chi connectivity index (χ3v) is 5.84. The van der Waals surface area contributed by atoms with Crippen molar-refractivity contribution in [3.63, 3.8) is 0 Å². The molecule has 2 saturated heterocycles. The molecule has 1 aromatic heterocycles. The van der Waals surface area contributed by atoms with E-state index in [0.717, 1.165) is 64.2 Å². The molecular formula is C21H31ClN6O. The van der Waals surface area contributed by atoms with Crippen LogP contribution in [-0.2, 0) is 18.4 Å². The number of piperidine rings is 2. The van der Waals surface area contributed by atoms with E-state index in [0.29, 0.717) is 11.9 Å². The lowest BCUT2D eigenvalue weighted by Crippen LogP contribution is -2.40. The van der Waals surface area contributed by atoms with Crippen LogP contribution in [-0.4, -0.2) is 51.8 Å². The van der Waals surface area contributed by atoms with Crippen LogP contribution in [0.2, 0.25) is 0 Å². The Morgan fingerprint density at radius 3 is 2.72 bits per heavy atom. The highest BCUT2D eigenvalue weighted by atomic mass is 35.5. The summed E-state index contributed by atoms with van der Waals surface area (Å²) in [6.45, 7) is 4.74. The molecule has 2 N–H and O–H groups in total. The van der Waals surface area contributed by atoms with Crippen LogP contribution in [0.15, 0.2) is 30.3 Å². The fourth-order valence-electron chi connectivity index (χ4n) is 4.23. The monoisotopic (exact) mass is 418 g/mol.